The highest BCUT2D eigenvalue weighted by molar-refractivity contribution is 6.00. The molecule has 0 spiro atoms. The van der Waals surface area contributed by atoms with Gasteiger partial charge in [0.1, 0.15) is 5.60 Å². The normalized spacial score (nSPS) is 10.6. The summed E-state index contributed by atoms with van der Waals surface area (Å²) in [6.07, 6.45) is -0.570. The molecule has 3 amide bonds. The summed E-state index contributed by atoms with van der Waals surface area (Å²) in [4.78, 5) is 33.8. The second-order valence-corrected chi connectivity index (χ2v) is 6.59. The second kappa shape index (κ2) is 8.17. The largest absolute Gasteiger partial charge is 0.444 e. The molecule has 3 N–H and O–H groups in total. The number of nitro groups is 1. The van der Waals surface area contributed by atoms with Gasteiger partial charge in [0.2, 0.25) is 0 Å². The van der Waals surface area contributed by atoms with Gasteiger partial charge in [-0.05, 0) is 57.2 Å². The third kappa shape index (κ3) is 6.65. The number of hydrogen-bond acceptors (Lipinski definition) is 5. The molecule has 0 bridgehead atoms. The molecule has 2 rings (SSSR count). The van der Waals surface area contributed by atoms with Crippen LogP contribution in [0.25, 0.3) is 0 Å². The van der Waals surface area contributed by atoms with E-state index in [1.807, 2.05) is 0 Å². The fourth-order valence-corrected chi connectivity index (χ4v) is 2.02. The topological polar surface area (TPSA) is 123 Å². The molecule has 0 aromatic heterocycles. The van der Waals surface area contributed by atoms with Crippen molar-refractivity contribution < 1.29 is 19.2 Å². The molecule has 0 aliphatic heterocycles. The number of rotatable bonds is 4. The highest BCUT2D eigenvalue weighted by atomic mass is 16.6. The lowest BCUT2D eigenvalue weighted by atomic mass is 10.2. The van der Waals surface area contributed by atoms with E-state index in [1.54, 1.807) is 45.0 Å². The maximum Gasteiger partial charge on any atom is 0.412 e. The number of carbonyl (C=O) groups excluding carboxylic acids is 2. The Bertz CT molecular complexity index is 826. The summed E-state index contributed by atoms with van der Waals surface area (Å²) >= 11 is 0. The Kier molecular flexibility index (Phi) is 5.96. The Morgan fingerprint density at radius 2 is 1.26 bits per heavy atom. The van der Waals surface area contributed by atoms with Gasteiger partial charge in [-0.25, -0.2) is 9.59 Å². The molecular formula is C18H20N4O5. The number of anilines is 3. The minimum absolute atomic E-state index is 0.0611. The van der Waals surface area contributed by atoms with Crippen molar-refractivity contribution in [2.75, 3.05) is 16.0 Å². The average Bonchev–Trinajstić information content (AvgIpc) is 2.55. The van der Waals surface area contributed by atoms with Crippen LogP contribution in [-0.4, -0.2) is 22.6 Å². The maximum absolute atomic E-state index is 12.0. The van der Waals surface area contributed by atoms with Crippen molar-refractivity contribution in [3.63, 3.8) is 0 Å². The van der Waals surface area contributed by atoms with Crippen molar-refractivity contribution >= 4 is 34.9 Å². The smallest absolute Gasteiger partial charge is 0.412 e. The Hall–Kier alpha value is -3.62. The number of carbonyl (C=O) groups is 2. The first-order valence-electron chi connectivity index (χ1n) is 8.05. The third-order valence-electron chi connectivity index (χ3n) is 3.12. The first-order valence-corrected chi connectivity index (χ1v) is 8.05. The number of ether oxygens (including phenoxy) is 1. The highest BCUT2D eigenvalue weighted by Gasteiger charge is 2.16. The zero-order chi connectivity index (χ0) is 20.0. The maximum atomic E-state index is 12.0. The minimum atomic E-state index is -0.596. The van der Waals surface area contributed by atoms with Crippen LogP contribution >= 0.6 is 0 Å². The van der Waals surface area contributed by atoms with Gasteiger partial charge in [0.15, 0.2) is 0 Å². The van der Waals surface area contributed by atoms with Crippen LogP contribution in [0.1, 0.15) is 20.8 Å². The van der Waals surface area contributed by atoms with Crippen molar-refractivity contribution in [1.29, 1.82) is 0 Å². The highest BCUT2D eigenvalue weighted by Crippen LogP contribution is 2.17. The van der Waals surface area contributed by atoms with Crippen LogP contribution in [0.3, 0.4) is 0 Å². The van der Waals surface area contributed by atoms with E-state index in [0.29, 0.717) is 17.1 Å². The Morgan fingerprint density at radius 1 is 0.852 bits per heavy atom. The number of hydrogen-bond donors (Lipinski definition) is 3. The summed E-state index contributed by atoms with van der Waals surface area (Å²) < 4.78 is 5.15. The van der Waals surface area contributed by atoms with Crippen LogP contribution in [0.4, 0.5) is 32.3 Å². The lowest BCUT2D eigenvalue weighted by Crippen LogP contribution is -2.27. The van der Waals surface area contributed by atoms with Gasteiger partial charge in [0.25, 0.3) is 5.69 Å². The van der Waals surface area contributed by atoms with Crippen molar-refractivity contribution in [3.8, 4) is 0 Å². The molecule has 2 aromatic carbocycles. The molecule has 0 aliphatic carbocycles. The van der Waals surface area contributed by atoms with Crippen molar-refractivity contribution in [3.05, 3.63) is 58.6 Å². The summed E-state index contributed by atoms with van der Waals surface area (Å²) in [7, 11) is 0. The molecule has 0 radical (unpaired) electrons. The van der Waals surface area contributed by atoms with E-state index in [0.717, 1.165) is 0 Å². The van der Waals surface area contributed by atoms with Crippen LogP contribution in [-0.2, 0) is 4.74 Å². The Morgan fingerprint density at radius 3 is 1.67 bits per heavy atom. The first-order chi connectivity index (χ1) is 12.6. The van der Waals surface area contributed by atoms with E-state index in [2.05, 4.69) is 16.0 Å². The molecule has 0 unspecified atom stereocenters. The first kappa shape index (κ1) is 19.7. The zero-order valence-corrected chi connectivity index (χ0v) is 15.1. The quantitative estimate of drug-likeness (QED) is 0.535. The van der Waals surface area contributed by atoms with E-state index in [9.17, 15) is 19.7 Å². The second-order valence-electron chi connectivity index (χ2n) is 6.59. The fourth-order valence-electron chi connectivity index (χ4n) is 2.02. The summed E-state index contributed by atoms with van der Waals surface area (Å²) in [6, 6.07) is 11.4. The summed E-state index contributed by atoms with van der Waals surface area (Å²) in [5.74, 6) is 0. The molecule has 0 heterocycles. The molecule has 9 heteroatoms. The average molecular weight is 372 g/mol. The van der Waals surface area contributed by atoms with Crippen LogP contribution in [0, 0.1) is 10.1 Å². The lowest BCUT2D eigenvalue weighted by molar-refractivity contribution is -0.384. The number of urea groups is 1. The van der Waals surface area contributed by atoms with E-state index in [4.69, 9.17) is 4.74 Å². The van der Waals surface area contributed by atoms with Crippen LogP contribution in [0.15, 0.2) is 48.5 Å². The van der Waals surface area contributed by atoms with E-state index in [-0.39, 0.29) is 5.69 Å². The molecule has 142 valence electrons. The molecule has 9 nitrogen and oxygen atoms in total. The lowest BCUT2D eigenvalue weighted by Gasteiger charge is -2.19. The fraction of sp³-hybridized carbons (Fsp3) is 0.222. The van der Waals surface area contributed by atoms with Crippen molar-refractivity contribution in [2.24, 2.45) is 0 Å². The predicted molar refractivity (Wildman–Crippen MR) is 102 cm³/mol. The number of non-ortho nitro benzene ring substituents is 1. The van der Waals surface area contributed by atoms with E-state index < -0.39 is 22.6 Å². The summed E-state index contributed by atoms with van der Waals surface area (Å²) in [5.41, 5.74) is 0.784. The standard InChI is InChI=1S/C18H20N4O5/c1-18(2,3)27-17(24)21-14-6-4-12(5-7-14)19-16(23)20-13-8-10-15(11-9-13)22(25)26/h4-11H,1-3H3,(H,21,24)(H2,19,20,23). The van der Waals surface area contributed by atoms with Crippen LogP contribution in [0.5, 0.6) is 0 Å². The Balaban J connectivity index is 1.89. The van der Waals surface area contributed by atoms with Crippen LogP contribution < -0.4 is 16.0 Å². The number of benzene rings is 2. The van der Waals surface area contributed by atoms with Crippen LogP contribution in [0.2, 0.25) is 0 Å². The van der Waals surface area contributed by atoms with Gasteiger partial charge in [0, 0.05) is 29.2 Å². The number of nitrogens with one attached hydrogen (secondary N) is 3. The molecule has 27 heavy (non-hydrogen) atoms. The molecule has 2 aromatic rings. The molecule has 0 saturated heterocycles. The van der Waals surface area contributed by atoms with Gasteiger partial charge in [0.05, 0.1) is 4.92 Å². The molecule has 0 fully saturated rings. The van der Waals surface area contributed by atoms with Gasteiger partial charge in [-0.1, -0.05) is 0 Å². The predicted octanol–water partition coefficient (Wildman–Crippen LogP) is 4.59. The van der Waals surface area contributed by atoms with Gasteiger partial charge in [-0.3, -0.25) is 15.4 Å². The van der Waals surface area contributed by atoms with Gasteiger partial charge in [-0.2, -0.15) is 0 Å². The molecule has 0 aliphatic rings. The van der Waals surface area contributed by atoms with Gasteiger partial charge >= 0.3 is 12.1 Å². The summed E-state index contributed by atoms with van der Waals surface area (Å²) in [5, 5.41) is 18.4. The SMILES string of the molecule is CC(C)(C)OC(=O)Nc1ccc(NC(=O)Nc2ccc([N+](=O)[O-])cc2)cc1. The zero-order valence-electron chi connectivity index (χ0n) is 15.1. The van der Waals surface area contributed by atoms with Gasteiger partial charge < -0.3 is 15.4 Å². The Labute approximate surface area is 155 Å². The molecular weight excluding hydrogens is 352 g/mol. The third-order valence-corrected chi connectivity index (χ3v) is 3.12. The minimum Gasteiger partial charge on any atom is -0.444 e. The molecule has 0 atom stereocenters. The van der Waals surface area contributed by atoms with E-state index >= 15 is 0 Å². The number of nitro benzene ring substituents is 1. The van der Waals surface area contributed by atoms with Gasteiger partial charge in [-0.15, -0.1) is 0 Å². The van der Waals surface area contributed by atoms with E-state index in [1.165, 1.54) is 24.3 Å². The number of nitrogens with zero attached hydrogens (tertiary/aromatic N) is 1. The number of amides is 3. The summed E-state index contributed by atoms with van der Waals surface area (Å²) in [6.45, 7) is 5.30. The van der Waals surface area contributed by atoms with Crippen molar-refractivity contribution in [2.45, 2.75) is 26.4 Å². The van der Waals surface area contributed by atoms with Crippen molar-refractivity contribution in [1.82, 2.24) is 0 Å². The monoisotopic (exact) mass is 372 g/mol. The molecule has 0 saturated carbocycles.